The zero-order valence-corrected chi connectivity index (χ0v) is 22.0. The van der Waals surface area contributed by atoms with Gasteiger partial charge in [-0.05, 0) is 56.9 Å². The van der Waals surface area contributed by atoms with E-state index in [0.29, 0.717) is 30.8 Å². The number of halogens is 2. The van der Waals surface area contributed by atoms with Gasteiger partial charge in [0.05, 0.1) is 35.3 Å². The van der Waals surface area contributed by atoms with Gasteiger partial charge in [0.25, 0.3) is 5.91 Å². The van der Waals surface area contributed by atoms with E-state index in [-0.39, 0.29) is 23.8 Å². The molecule has 1 saturated heterocycles. The van der Waals surface area contributed by atoms with Gasteiger partial charge in [0.15, 0.2) is 0 Å². The second-order valence-electron chi connectivity index (χ2n) is 10.4. The molecule has 10 heteroatoms. The van der Waals surface area contributed by atoms with Gasteiger partial charge in [-0.2, -0.15) is 5.10 Å². The quantitative estimate of drug-likeness (QED) is 0.438. The predicted octanol–water partition coefficient (Wildman–Crippen LogP) is 4.13. The third kappa shape index (κ3) is 6.02. The Hall–Kier alpha value is -3.37. The first-order chi connectivity index (χ1) is 18.3. The van der Waals surface area contributed by atoms with Crippen LogP contribution >= 0.6 is 0 Å². The van der Waals surface area contributed by atoms with Crippen LogP contribution in [0.4, 0.5) is 14.5 Å². The highest BCUT2D eigenvalue weighted by Crippen LogP contribution is 2.27. The van der Waals surface area contributed by atoms with Crippen molar-refractivity contribution in [3.63, 3.8) is 0 Å². The molecular formula is C28H34F2N6O2. The highest BCUT2D eigenvalue weighted by atomic mass is 19.1. The number of amides is 1. The van der Waals surface area contributed by atoms with Crippen molar-refractivity contribution in [3.05, 3.63) is 59.9 Å². The Balaban J connectivity index is 1.29. The van der Waals surface area contributed by atoms with Crippen LogP contribution in [0.2, 0.25) is 0 Å². The number of nitrogens with one attached hydrogen (secondary N) is 2. The van der Waals surface area contributed by atoms with Gasteiger partial charge in [0, 0.05) is 62.5 Å². The largest absolute Gasteiger partial charge is 0.380 e. The number of hydrogen-bond donors (Lipinski definition) is 2. The fourth-order valence-corrected chi connectivity index (χ4v) is 4.80. The van der Waals surface area contributed by atoms with Crippen molar-refractivity contribution >= 4 is 11.6 Å². The van der Waals surface area contributed by atoms with Crippen molar-refractivity contribution in [2.45, 2.75) is 57.5 Å². The van der Waals surface area contributed by atoms with E-state index in [1.165, 1.54) is 12.1 Å². The topological polar surface area (TPSA) is 84.3 Å². The summed E-state index contributed by atoms with van der Waals surface area (Å²) in [6.45, 7) is 5.64. The average molecular weight is 525 g/mol. The number of aromatic nitrogens is 3. The molecule has 0 unspecified atom stereocenters. The van der Waals surface area contributed by atoms with Crippen LogP contribution in [0.15, 0.2) is 43.0 Å². The van der Waals surface area contributed by atoms with E-state index in [2.05, 4.69) is 25.6 Å². The summed E-state index contributed by atoms with van der Waals surface area (Å²) in [5.41, 5.74) is 3.64. The lowest BCUT2D eigenvalue weighted by molar-refractivity contribution is 0.0490. The molecule has 38 heavy (non-hydrogen) atoms. The molecule has 202 valence electrons. The molecular weight excluding hydrogens is 490 g/mol. The number of carbonyl (C=O) groups excluding carboxylic acids is 1. The van der Waals surface area contributed by atoms with Gasteiger partial charge in [-0.3, -0.25) is 14.7 Å². The Morgan fingerprint density at radius 1 is 1.18 bits per heavy atom. The molecule has 3 atom stereocenters. The van der Waals surface area contributed by atoms with Crippen LogP contribution in [0, 0.1) is 12.7 Å². The van der Waals surface area contributed by atoms with E-state index in [9.17, 15) is 13.6 Å². The first-order valence-corrected chi connectivity index (χ1v) is 13.1. The molecule has 1 aliphatic carbocycles. The summed E-state index contributed by atoms with van der Waals surface area (Å²) in [4.78, 5) is 19.0. The lowest BCUT2D eigenvalue weighted by atomic mass is 10.0. The van der Waals surface area contributed by atoms with Crippen LogP contribution in [-0.2, 0) is 4.74 Å². The van der Waals surface area contributed by atoms with Crippen LogP contribution in [0.1, 0.15) is 42.1 Å². The van der Waals surface area contributed by atoms with Crippen molar-refractivity contribution in [3.8, 4) is 16.8 Å². The lowest BCUT2D eigenvalue weighted by Crippen LogP contribution is -2.49. The first kappa shape index (κ1) is 26.2. The summed E-state index contributed by atoms with van der Waals surface area (Å²) < 4.78 is 36.4. The molecule has 2 aliphatic rings. The van der Waals surface area contributed by atoms with Crippen LogP contribution in [0.3, 0.4) is 0 Å². The van der Waals surface area contributed by atoms with Crippen LogP contribution in [0.25, 0.3) is 16.8 Å². The van der Waals surface area contributed by atoms with Crippen molar-refractivity contribution in [1.29, 1.82) is 0 Å². The Kier molecular flexibility index (Phi) is 7.71. The van der Waals surface area contributed by atoms with Crippen molar-refractivity contribution in [2.24, 2.45) is 0 Å². The number of carbonyl (C=O) groups is 1. The monoisotopic (exact) mass is 524 g/mol. The Morgan fingerprint density at radius 3 is 2.74 bits per heavy atom. The van der Waals surface area contributed by atoms with Gasteiger partial charge >= 0.3 is 0 Å². The molecule has 2 N–H and O–H groups in total. The maximum absolute atomic E-state index is 14.9. The number of rotatable bonds is 9. The molecule has 1 amide bonds. The number of aryl methyl sites for hydroxylation is 1. The second kappa shape index (κ2) is 11.2. The molecule has 3 aromatic rings. The summed E-state index contributed by atoms with van der Waals surface area (Å²) in [6, 6.07) is 4.66. The first-order valence-electron chi connectivity index (χ1n) is 13.1. The molecule has 1 aliphatic heterocycles. The molecule has 8 nitrogen and oxygen atoms in total. The van der Waals surface area contributed by atoms with Gasteiger partial charge in [-0.15, -0.1) is 0 Å². The van der Waals surface area contributed by atoms with Gasteiger partial charge in [-0.25, -0.2) is 13.5 Å². The molecule has 5 rings (SSSR count). The smallest absolute Gasteiger partial charge is 0.254 e. The van der Waals surface area contributed by atoms with E-state index < -0.39 is 17.9 Å². The number of likely N-dealkylation sites (tertiary alicyclic amines) is 1. The minimum absolute atomic E-state index is 0.00548. The Labute approximate surface area is 221 Å². The van der Waals surface area contributed by atoms with Crippen molar-refractivity contribution < 1.29 is 18.3 Å². The summed E-state index contributed by atoms with van der Waals surface area (Å²) in [6.07, 6.45) is 8.52. The number of alkyl halides is 1. The minimum atomic E-state index is -1.01. The highest BCUT2D eigenvalue weighted by molar-refractivity contribution is 5.95. The Morgan fingerprint density at radius 2 is 2.00 bits per heavy atom. The number of methoxy groups -OCH3 is 1. The SMILES string of the molecule is CO[C@@H](C)CN1CC[C@H](Nc2cncc(-c3cnn(-c4cc(C(=O)NC5CC5)c(F)cc4C)c3)c2)[C@H](F)C1. The second-order valence-corrected chi connectivity index (χ2v) is 10.4. The minimum Gasteiger partial charge on any atom is -0.380 e. The fraction of sp³-hybridized carbons (Fsp3) is 0.464. The van der Waals surface area contributed by atoms with Crippen LogP contribution in [0.5, 0.6) is 0 Å². The molecule has 1 saturated carbocycles. The van der Waals surface area contributed by atoms with Crippen molar-refractivity contribution in [2.75, 3.05) is 32.1 Å². The molecule has 1 aromatic carbocycles. The van der Waals surface area contributed by atoms with Crippen LogP contribution < -0.4 is 10.6 Å². The number of nitrogens with zero attached hydrogens (tertiary/aromatic N) is 4. The van der Waals surface area contributed by atoms with E-state index >= 15 is 0 Å². The van der Waals surface area contributed by atoms with Crippen LogP contribution in [-0.4, -0.2) is 76.7 Å². The summed E-state index contributed by atoms with van der Waals surface area (Å²) >= 11 is 0. The summed E-state index contributed by atoms with van der Waals surface area (Å²) in [7, 11) is 1.67. The maximum Gasteiger partial charge on any atom is 0.254 e. The standard InChI is InChI=1S/C28H34F2N6O2/c1-17-8-24(29)23(28(37)34-21-4-5-21)10-27(17)36-15-20(12-32-36)19-9-22(13-31-11-19)33-26-6-7-35(16-25(26)30)14-18(2)38-3/h8-13,15,18,21,25-26,33H,4-7,14,16H2,1-3H3,(H,34,37)/t18-,25+,26-/m0/s1. The zero-order chi connectivity index (χ0) is 26.8. The highest BCUT2D eigenvalue weighted by Gasteiger charge is 2.30. The summed E-state index contributed by atoms with van der Waals surface area (Å²) in [5.74, 6) is -0.961. The predicted molar refractivity (Wildman–Crippen MR) is 142 cm³/mol. The number of pyridine rings is 1. The third-order valence-corrected chi connectivity index (χ3v) is 7.24. The number of piperidine rings is 1. The van der Waals surface area contributed by atoms with Gasteiger partial charge in [0.2, 0.25) is 0 Å². The fourth-order valence-electron chi connectivity index (χ4n) is 4.80. The third-order valence-electron chi connectivity index (χ3n) is 7.24. The Bertz CT molecular complexity index is 1290. The normalized spacial score (nSPS) is 20.8. The molecule has 0 spiro atoms. The lowest BCUT2D eigenvalue weighted by Gasteiger charge is -2.36. The van der Waals surface area contributed by atoms with E-state index in [1.807, 2.05) is 19.2 Å². The molecule has 0 radical (unpaired) electrons. The maximum atomic E-state index is 14.9. The number of benzene rings is 1. The summed E-state index contributed by atoms with van der Waals surface area (Å²) in [5, 5.41) is 10.6. The van der Waals surface area contributed by atoms with Gasteiger partial charge in [-0.1, -0.05) is 0 Å². The number of anilines is 1. The number of hydrogen-bond acceptors (Lipinski definition) is 6. The van der Waals surface area contributed by atoms with E-state index in [0.717, 1.165) is 36.2 Å². The average Bonchev–Trinajstić information content (AvgIpc) is 3.57. The molecule has 3 heterocycles. The number of ether oxygens (including phenoxy) is 1. The van der Waals surface area contributed by atoms with E-state index in [4.69, 9.17) is 4.74 Å². The zero-order valence-electron chi connectivity index (χ0n) is 22.0. The molecule has 2 fully saturated rings. The van der Waals surface area contributed by atoms with E-state index in [1.54, 1.807) is 37.3 Å². The van der Waals surface area contributed by atoms with Gasteiger partial charge < -0.3 is 15.4 Å². The van der Waals surface area contributed by atoms with Gasteiger partial charge in [0.1, 0.15) is 12.0 Å². The van der Waals surface area contributed by atoms with Crippen molar-refractivity contribution in [1.82, 2.24) is 25.0 Å². The molecule has 0 bridgehead atoms. The molecule has 2 aromatic heterocycles.